The van der Waals surface area contributed by atoms with E-state index in [2.05, 4.69) is 27.2 Å². The van der Waals surface area contributed by atoms with Crippen LogP contribution in [0.15, 0.2) is 35.8 Å². The van der Waals surface area contributed by atoms with Crippen molar-refractivity contribution >= 4 is 11.6 Å². The summed E-state index contributed by atoms with van der Waals surface area (Å²) >= 11 is 0. The summed E-state index contributed by atoms with van der Waals surface area (Å²) in [6.45, 7) is 16.3. The molecule has 3 rings (SSSR count). The van der Waals surface area contributed by atoms with E-state index >= 15 is 0 Å². The van der Waals surface area contributed by atoms with Gasteiger partial charge in [-0.15, -0.1) is 0 Å². The second-order valence-corrected chi connectivity index (χ2v) is 8.45. The number of amides is 1. The summed E-state index contributed by atoms with van der Waals surface area (Å²) in [5.41, 5.74) is 2.22. The number of allylic oxidation sites excluding steroid dienone is 1. The maximum absolute atomic E-state index is 13.2. The Morgan fingerprint density at radius 1 is 1.29 bits per heavy atom. The molecule has 2 aliphatic heterocycles. The number of anilines is 1. The first-order chi connectivity index (χ1) is 15.0. The molecule has 0 aromatic heterocycles. The fraction of sp³-hybridized carbons (Fsp3) is 0.542. The highest BCUT2D eigenvalue weighted by atomic mass is 16.2. The fourth-order valence-corrected chi connectivity index (χ4v) is 4.38. The number of likely N-dealkylation sites (tertiary alicyclic amines) is 1. The Balaban J connectivity index is 1.68. The normalized spacial score (nSPS) is 18.3. The molecular formula is C24H32N6O. The van der Waals surface area contributed by atoms with Crippen LogP contribution in [-0.2, 0) is 11.3 Å². The number of hydrogen-bond acceptors (Lipinski definition) is 5. The number of rotatable bonds is 7. The maximum atomic E-state index is 13.2. The van der Waals surface area contributed by atoms with Crippen molar-refractivity contribution in [2.45, 2.75) is 52.1 Å². The van der Waals surface area contributed by atoms with Crippen molar-refractivity contribution < 1.29 is 4.79 Å². The summed E-state index contributed by atoms with van der Waals surface area (Å²) in [4.78, 5) is 22.8. The maximum Gasteiger partial charge on any atom is 0.300 e. The Morgan fingerprint density at radius 2 is 2.06 bits per heavy atom. The Labute approximate surface area is 185 Å². The number of benzene rings is 1. The van der Waals surface area contributed by atoms with Gasteiger partial charge in [-0.1, -0.05) is 18.6 Å². The van der Waals surface area contributed by atoms with Crippen LogP contribution in [0.3, 0.4) is 0 Å². The average Bonchev–Trinajstić information content (AvgIpc) is 3.22. The zero-order chi connectivity index (χ0) is 22.2. The Hall–Kier alpha value is -3.03. The Morgan fingerprint density at radius 3 is 2.74 bits per heavy atom. The van der Waals surface area contributed by atoms with Crippen LogP contribution in [-0.4, -0.2) is 54.5 Å². The van der Waals surface area contributed by atoms with Gasteiger partial charge in [-0.2, -0.15) is 0 Å². The summed E-state index contributed by atoms with van der Waals surface area (Å²) in [5, 5.41) is 12.3. The topological polar surface area (TPSA) is 67.0 Å². The number of carbonyl (C=O) groups excluding carboxylic acids is 1. The second-order valence-electron chi connectivity index (χ2n) is 8.45. The molecule has 0 aliphatic carbocycles. The minimum atomic E-state index is 0.0439. The SMILES string of the molecule is [C-]#[N+]/C(C#N)=C1/NCCN1CCC(=O)N(c1cccc(CN2CCCCC2)c1)C(C)C. The van der Waals surface area contributed by atoms with Crippen molar-refractivity contribution in [1.82, 2.24) is 15.1 Å². The number of hydrogen-bond donors (Lipinski definition) is 1. The Bertz CT molecular complexity index is 872. The quantitative estimate of drug-likeness (QED) is 0.541. The summed E-state index contributed by atoms with van der Waals surface area (Å²) in [6.07, 6.45) is 4.18. The highest BCUT2D eigenvalue weighted by Crippen LogP contribution is 2.23. The highest BCUT2D eigenvalue weighted by Gasteiger charge is 2.24. The summed E-state index contributed by atoms with van der Waals surface area (Å²) in [5.74, 6) is 0.600. The van der Waals surface area contributed by atoms with Gasteiger partial charge in [-0.05, 0) is 57.5 Å². The molecule has 2 fully saturated rings. The van der Waals surface area contributed by atoms with Gasteiger partial charge in [-0.3, -0.25) is 9.69 Å². The number of nitrogens with one attached hydrogen (secondary N) is 1. The number of nitriles is 1. The van der Waals surface area contributed by atoms with Crippen LogP contribution in [0.25, 0.3) is 4.85 Å². The molecule has 0 bridgehead atoms. The van der Waals surface area contributed by atoms with Crippen LogP contribution in [0.5, 0.6) is 0 Å². The van der Waals surface area contributed by atoms with Gasteiger partial charge in [0.1, 0.15) is 5.82 Å². The van der Waals surface area contributed by atoms with E-state index in [1.165, 1.54) is 24.8 Å². The first-order valence-electron chi connectivity index (χ1n) is 11.2. The van der Waals surface area contributed by atoms with Crippen molar-refractivity contribution in [3.05, 3.63) is 52.8 Å². The van der Waals surface area contributed by atoms with Crippen LogP contribution in [0.1, 0.15) is 45.1 Å². The predicted molar refractivity (Wildman–Crippen MR) is 122 cm³/mol. The van der Waals surface area contributed by atoms with Crippen molar-refractivity contribution in [2.75, 3.05) is 37.6 Å². The first-order valence-corrected chi connectivity index (χ1v) is 11.2. The fourth-order valence-electron chi connectivity index (χ4n) is 4.38. The van der Waals surface area contributed by atoms with Crippen LogP contribution >= 0.6 is 0 Å². The minimum absolute atomic E-state index is 0.0439. The molecule has 0 saturated carbocycles. The number of nitrogens with zero attached hydrogens (tertiary/aromatic N) is 5. The van der Waals surface area contributed by atoms with Crippen molar-refractivity contribution in [3.8, 4) is 6.07 Å². The van der Waals surface area contributed by atoms with Crippen molar-refractivity contribution in [2.24, 2.45) is 0 Å². The molecule has 0 atom stereocenters. The van der Waals surface area contributed by atoms with Crippen molar-refractivity contribution in [1.29, 1.82) is 5.26 Å². The first kappa shape index (κ1) is 22.7. The van der Waals surface area contributed by atoms with E-state index in [1.807, 2.05) is 41.8 Å². The van der Waals surface area contributed by atoms with E-state index in [0.717, 1.165) is 25.3 Å². The molecule has 164 valence electrons. The molecule has 2 saturated heterocycles. The average molecular weight is 421 g/mol. The van der Waals surface area contributed by atoms with E-state index in [-0.39, 0.29) is 17.6 Å². The molecule has 0 radical (unpaired) electrons. The minimum Gasteiger partial charge on any atom is -0.378 e. The molecule has 1 aromatic carbocycles. The summed E-state index contributed by atoms with van der Waals surface area (Å²) in [7, 11) is 0. The van der Waals surface area contributed by atoms with E-state index in [4.69, 9.17) is 11.8 Å². The molecule has 7 nitrogen and oxygen atoms in total. The van der Waals surface area contributed by atoms with E-state index < -0.39 is 0 Å². The zero-order valence-electron chi connectivity index (χ0n) is 18.6. The molecule has 31 heavy (non-hydrogen) atoms. The molecular weight excluding hydrogens is 388 g/mol. The lowest BCUT2D eigenvalue weighted by Gasteiger charge is -2.30. The van der Waals surface area contributed by atoms with E-state index in [1.54, 1.807) is 0 Å². The Kier molecular flexibility index (Phi) is 7.92. The lowest BCUT2D eigenvalue weighted by molar-refractivity contribution is -0.119. The van der Waals surface area contributed by atoms with Crippen molar-refractivity contribution in [3.63, 3.8) is 0 Å². The van der Waals surface area contributed by atoms with Gasteiger partial charge in [-0.25, -0.2) is 10.1 Å². The third-order valence-corrected chi connectivity index (χ3v) is 5.86. The van der Waals surface area contributed by atoms with Crippen LogP contribution < -0.4 is 10.2 Å². The highest BCUT2D eigenvalue weighted by molar-refractivity contribution is 5.94. The molecule has 0 spiro atoms. The molecule has 1 aromatic rings. The molecule has 2 aliphatic rings. The molecule has 1 amide bonds. The summed E-state index contributed by atoms with van der Waals surface area (Å²) in [6, 6.07) is 10.3. The molecule has 2 heterocycles. The third-order valence-electron chi connectivity index (χ3n) is 5.86. The number of carbonyl (C=O) groups is 1. The van der Waals surface area contributed by atoms with Gasteiger partial charge >= 0.3 is 0 Å². The smallest absolute Gasteiger partial charge is 0.300 e. The predicted octanol–water partition coefficient (Wildman–Crippen LogP) is 3.32. The molecule has 0 unspecified atom stereocenters. The van der Waals surface area contributed by atoms with E-state index in [0.29, 0.717) is 31.9 Å². The van der Waals surface area contributed by atoms with Gasteiger partial charge in [0.2, 0.25) is 5.91 Å². The molecule has 1 N–H and O–H groups in total. The monoisotopic (exact) mass is 420 g/mol. The lowest BCUT2D eigenvalue weighted by Crippen LogP contribution is -2.39. The van der Waals surface area contributed by atoms with Gasteiger partial charge in [0.25, 0.3) is 5.70 Å². The van der Waals surface area contributed by atoms with Gasteiger partial charge in [0, 0.05) is 44.3 Å². The van der Waals surface area contributed by atoms with Gasteiger partial charge in [0.05, 0.1) is 12.6 Å². The number of piperidine rings is 1. The lowest BCUT2D eigenvalue weighted by atomic mass is 10.1. The van der Waals surface area contributed by atoms with Crippen LogP contribution in [0.4, 0.5) is 5.69 Å². The molecule has 7 heteroatoms. The van der Waals surface area contributed by atoms with Crippen LogP contribution in [0.2, 0.25) is 0 Å². The third kappa shape index (κ3) is 5.77. The standard InChI is InChI=1S/C24H32N6O/c1-19(2)30(21-9-7-8-20(16-21)18-28-12-5-4-6-13-28)23(31)10-14-29-15-11-27-24(29)22(17-25)26-3/h7-9,16,19,27H,4-6,10-15,18H2,1-2H3/b24-22-. The second kappa shape index (κ2) is 10.8. The summed E-state index contributed by atoms with van der Waals surface area (Å²) < 4.78 is 0. The zero-order valence-corrected chi connectivity index (χ0v) is 18.6. The van der Waals surface area contributed by atoms with Crippen LogP contribution in [0, 0.1) is 17.9 Å². The van der Waals surface area contributed by atoms with E-state index in [9.17, 15) is 4.79 Å². The van der Waals surface area contributed by atoms with Gasteiger partial charge < -0.3 is 15.1 Å². The van der Waals surface area contributed by atoms with Gasteiger partial charge in [0.15, 0.2) is 0 Å². The largest absolute Gasteiger partial charge is 0.378 e.